The summed E-state index contributed by atoms with van der Waals surface area (Å²) in [5, 5.41) is 6.90. The van der Waals surface area contributed by atoms with Gasteiger partial charge in [0.15, 0.2) is 5.82 Å². The molecular weight excluding hydrogens is 299 g/mol. The number of hydrogen-bond acceptors (Lipinski definition) is 6. The van der Waals surface area contributed by atoms with Crippen LogP contribution in [-0.4, -0.2) is 45.4 Å². The van der Waals surface area contributed by atoms with Gasteiger partial charge in [-0.05, 0) is 6.07 Å². The van der Waals surface area contributed by atoms with Crippen molar-refractivity contribution in [2.24, 2.45) is 0 Å². The predicted molar refractivity (Wildman–Crippen MR) is 72.4 cm³/mol. The summed E-state index contributed by atoms with van der Waals surface area (Å²) in [7, 11) is 3.71. The molecule has 7 nitrogen and oxygen atoms in total. The summed E-state index contributed by atoms with van der Waals surface area (Å²) in [5.74, 6) is 0.504. The molecule has 118 valence electrons. The molecule has 0 amide bonds. The van der Waals surface area contributed by atoms with E-state index in [0.29, 0.717) is 12.5 Å². The van der Waals surface area contributed by atoms with E-state index in [4.69, 9.17) is 0 Å². The lowest BCUT2D eigenvalue weighted by Gasteiger charge is -2.28. The molecule has 0 N–H and O–H groups in total. The van der Waals surface area contributed by atoms with Crippen molar-refractivity contribution in [3.63, 3.8) is 0 Å². The van der Waals surface area contributed by atoms with E-state index in [-0.39, 0.29) is 18.9 Å². The van der Waals surface area contributed by atoms with E-state index in [0.717, 1.165) is 10.4 Å². The highest BCUT2D eigenvalue weighted by atomic mass is 19.4. The van der Waals surface area contributed by atoms with E-state index in [1.165, 1.54) is 0 Å². The van der Waals surface area contributed by atoms with Crippen molar-refractivity contribution in [1.29, 1.82) is 0 Å². The summed E-state index contributed by atoms with van der Waals surface area (Å²) in [6.45, 7) is 0.706. The molecule has 0 spiro atoms. The van der Waals surface area contributed by atoms with Gasteiger partial charge in [0.1, 0.15) is 5.82 Å². The molecule has 1 aliphatic heterocycles. The van der Waals surface area contributed by atoms with Crippen LogP contribution in [-0.2, 0) is 19.3 Å². The van der Waals surface area contributed by atoms with E-state index in [1.54, 1.807) is 17.2 Å². The first-order chi connectivity index (χ1) is 10.4. The minimum absolute atomic E-state index is 0.146. The third-order valence-electron chi connectivity index (χ3n) is 3.38. The number of aromatic nitrogens is 5. The van der Waals surface area contributed by atoms with Crippen LogP contribution in [0.25, 0.3) is 0 Å². The number of hydrogen-bond donors (Lipinski definition) is 0. The number of halogens is 3. The monoisotopic (exact) mass is 313 g/mol. The molecular formula is C12H14F3N7. The van der Waals surface area contributed by atoms with Gasteiger partial charge in [0.2, 0.25) is 11.8 Å². The molecule has 10 heteroatoms. The molecule has 0 saturated carbocycles. The number of anilines is 2. The summed E-state index contributed by atoms with van der Waals surface area (Å²) in [6.07, 6.45) is -2.87. The van der Waals surface area contributed by atoms with Crippen molar-refractivity contribution in [3.05, 3.63) is 23.9 Å². The third kappa shape index (κ3) is 2.55. The average Bonchev–Trinajstić information content (AvgIpc) is 2.90. The molecule has 3 rings (SSSR count). The van der Waals surface area contributed by atoms with Crippen molar-refractivity contribution in [2.45, 2.75) is 19.3 Å². The van der Waals surface area contributed by atoms with Crippen molar-refractivity contribution in [3.8, 4) is 0 Å². The predicted octanol–water partition coefficient (Wildman–Crippen LogP) is 1.17. The molecule has 0 saturated heterocycles. The van der Waals surface area contributed by atoms with Gasteiger partial charge in [-0.3, -0.25) is 0 Å². The van der Waals surface area contributed by atoms with Crippen molar-refractivity contribution < 1.29 is 13.2 Å². The smallest absolute Gasteiger partial charge is 0.363 e. The van der Waals surface area contributed by atoms with Crippen LogP contribution in [0.1, 0.15) is 11.6 Å². The molecule has 0 radical (unpaired) electrons. The second kappa shape index (κ2) is 5.11. The number of alkyl halides is 3. The van der Waals surface area contributed by atoms with E-state index in [2.05, 4.69) is 20.2 Å². The Morgan fingerprint density at radius 3 is 2.64 bits per heavy atom. The van der Waals surface area contributed by atoms with Gasteiger partial charge in [0, 0.05) is 33.4 Å². The summed E-state index contributed by atoms with van der Waals surface area (Å²) >= 11 is 0. The van der Waals surface area contributed by atoms with Gasteiger partial charge >= 0.3 is 6.18 Å². The SMILES string of the molecule is CN(C)c1ccnc(N2CCn3c(nnc3C(F)(F)F)C2)n1. The molecule has 0 unspecified atom stereocenters. The number of fused-ring (bicyclic) bond motifs is 1. The number of rotatable bonds is 2. The molecule has 0 fully saturated rings. The Morgan fingerprint density at radius 1 is 1.18 bits per heavy atom. The molecule has 0 atom stereocenters. The van der Waals surface area contributed by atoms with Crippen LogP contribution in [0, 0.1) is 0 Å². The summed E-state index contributed by atoms with van der Waals surface area (Å²) in [6, 6.07) is 1.76. The van der Waals surface area contributed by atoms with Crippen LogP contribution in [0.15, 0.2) is 12.3 Å². The van der Waals surface area contributed by atoms with Gasteiger partial charge in [0.25, 0.3) is 0 Å². The highest BCUT2D eigenvalue weighted by molar-refractivity contribution is 5.42. The first kappa shape index (κ1) is 14.5. The molecule has 0 aromatic carbocycles. The van der Waals surface area contributed by atoms with Crippen LogP contribution >= 0.6 is 0 Å². The van der Waals surface area contributed by atoms with Gasteiger partial charge in [-0.2, -0.15) is 18.2 Å². The van der Waals surface area contributed by atoms with Crippen LogP contribution in [0.5, 0.6) is 0 Å². The van der Waals surface area contributed by atoms with Crippen LogP contribution < -0.4 is 9.80 Å². The summed E-state index contributed by atoms with van der Waals surface area (Å²) < 4.78 is 39.5. The Balaban J connectivity index is 1.86. The van der Waals surface area contributed by atoms with E-state index >= 15 is 0 Å². The number of nitrogens with zero attached hydrogens (tertiary/aromatic N) is 7. The Labute approximate surface area is 124 Å². The van der Waals surface area contributed by atoms with E-state index in [9.17, 15) is 13.2 Å². The molecule has 1 aliphatic rings. The van der Waals surface area contributed by atoms with Gasteiger partial charge in [-0.1, -0.05) is 0 Å². The van der Waals surface area contributed by atoms with Crippen LogP contribution in [0.2, 0.25) is 0 Å². The van der Waals surface area contributed by atoms with E-state index < -0.39 is 12.0 Å². The molecule has 3 heterocycles. The maximum Gasteiger partial charge on any atom is 0.451 e. The Kier molecular flexibility index (Phi) is 3.38. The zero-order chi connectivity index (χ0) is 15.9. The second-order valence-electron chi connectivity index (χ2n) is 5.12. The Bertz CT molecular complexity index is 680. The molecule has 2 aromatic rings. The Morgan fingerprint density at radius 2 is 1.95 bits per heavy atom. The molecule has 2 aromatic heterocycles. The summed E-state index contributed by atoms with van der Waals surface area (Å²) in [5.41, 5.74) is 0. The second-order valence-corrected chi connectivity index (χ2v) is 5.12. The lowest BCUT2D eigenvalue weighted by molar-refractivity contribution is -0.147. The molecule has 0 aliphatic carbocycles. The first-order valence-corrected chi connectivity index (χ1v) is 6.61. The quantitative estimate of drug-likeness (QED) is 0.829. The average molecular weight is 313 g/mol. The fraction of sp³-hybridized carbons (Fsp3) is 0.500. The van der Waals surface area contributed by atoms with Crippen molar-refractivity contribution in [2.75, 3.05) is 30.4 Å². The third-order valence-corrected chi connectivity index (χ3v) is 3.38. The van der Waals surface area contributed by atoms with E-state index in [1.807, 2.05) is 19.0 Å². The highest BCUT2D eigenvalue weighted by Crippen LogP contribution is 2.30. The molecule has 0 bridgehead atoms. The minimum Gasteiger partial charge on any atom is -0.363 e. The molecule has 22 heavy (non-hydrogen) atoms. The maximum atomic E-state index is 12.8. The van der Waals surface area contributed by atoms with Crippen LogP contribution in [0.3, 0.4) is 0 Å². The standard InChI is InChI=1S/C12H14F3N7/c1-20(2)8-3-4-16-11(17-8)21-5-6-22-9(7-21)18-19-10(22)12(13,14)15/h3-4H,5-7H2,1-2H3. The fourth-order valence-corrected chi connectivity index (χ4v) is 2.28. The van der Waals surface area contributed by atoms with Gasteiger partial charge in [0.05, 0.1) is 6.54 Å². The van der Waals surface area contributed by atoms with Gasteiger partial charge in [-0.15, -0.1) is 10.2 Å². The maximum absolute atomic E-state index is 12.8. The normalized spacial score (nSPS) is 14.9. The topological polar surface area (TPSA) is 63.0 Å². The van der Waals surface area contributed by atoms with Gasteiger partial charge in [-0.25, -0.2) is 4.98 Å². The Hall–Kier alpha value is -2.39. The zero-order valence-electron chi connectivity index (χ0n) is 12.0. The van der Waals surface area contributed by atoms with Crippen molar-refractivity contribution >= 4 is 11.8 Å². The zero-order valence-corrected chi connectivity index (χ0v) is 12.0. The van der Waals surface area contributed by atoms with Crippen molar-refractivity contribution in [1.82, 2.24) is 24.7 Å². The lowest BCUT2D eigenvalue weighted by atomic mass is 10.3. The van der Waals surface area contributed by atoms with Crippen LogP contribution in [0.4, 0.5) is 24.9 Å². The lowest BCUT2D eigenvalue weighted by Crippen LogP contribution is -2.36. The fourth-order valence-electron chi connectivity index (χ4n) is 2.28. The largest absolute Gasteiger partial charge is 0.451 e. The minimum atomic E-state index is -4.49. The van der Waals surface area contributed by atoms with Gasteiger partial charge < -0.3 is 14.4 Å². The highest BCUT2D eigenvalue weighted by Gasteiger charge is 2.39. The summed E-state index contributed by atoms with van der Waals surface area (Å²) in [4.78, 5) is 12.2. The first-order valence-electron chi connectivity index (χ1n) is 6.61.